The first-order chi connectivity index (χ1) is 14.4. The fraction of sp³-hybridized carbons (Fsp3) is 0.0870. The number of anilines is 1. The van der Waals surface area contributed by atoms with Crippen LogP contribution in [0.25, 0.3) is 10.9 Å². The van der Waals surface area contributed by atoms with E-state index in [1.165, 1.54) is 0 Å². The van der Waals surface area contributed by atoms with Gasteiger partial charge in [-0.1, -0.05) is 70.5 Å². The summed E-state index contributed by atoms with van der Waals surface area (Å²) in [7, 11) is -3.58. The molecule has 0 fully saturated rings. The van der Waals surface area contributed by atoms with Crippen molar-refractivity contribution in [1.29, 1.82) is 0 Å². The molecular formula is C23H19BrN2O3S. The maximum Gasteiger partial charge on any atom is 0.244 e. The molecule has 0 bridgehead atoms. The number of rotatable bonds is 6. The highest BCUT2D eigenvalue weighted by molar-refractivity contribution is 9.10. The second-order valence-electron chi connectivity index (χ2n) is 6.94. The number of carbonyl (C=O) groups excluding carboxylic acids is 1. The van der Waals surface area contributed by atoms with E-state index in [1.807, 2.05) is 42.5 Å². The Kier molecular flexibility index (Phi) is 5.74. The molecule has 0 atom stereocenters. The molecule has 3 aromatic carbocycles. The van der Waals surface area contributed by atoms with E-state index in [0.29, 0.717) is 16.6 Å². The van der Waals surface area contributed by atoms with Crippen LogP contribution in [0, 0.1) is 0 Å². The molecule has 30 heavy (non-hydrogen) atoms. The summed E-state index contributed by atoms with van der Waals surface area (Å²) >= 11 is 3.38. The molecule has 1 heterocycles. The van der Waals surface area contributed by atoms with Crippen molar-refractivity contribution >= 4 is 48.3 Å². The van der Waals surface area contributed by atoms with Gasteiger partial charge < -0.3 is 9.88 Å². The number of nitrogens with one attached hydrogen (secondary N) is 1. The van der Waals surface area contributed by atoms with Crippen molar-refractivity contribution in [2.75, 3.05) is 5.32 Å². The summed E-state index contributed by atoms with van der Waals surface area (Å²) in [6.07, 6.45) is 1.56. The van der Waals surface area contributed by atoms with E-state index in [4.69, 9.17) is 0 Å². The van der Waals surface area contributed by atoms with E-state index in [-0.39, 0.29) is 23.1 Å². The van der Waals surface area contributed by atoms with Crippen molar-refractivity contribution < 1.29 is 13.2 Å². The Morgan fingerprint density at radius 3 is 2.43 bits per heavy atom. The first-order valence-electron chi connectivity index (χ1n) is 9.32. The fourth-order valence-corrected chi connectivity index (χ4v) is 5.37. The zero-order valence-electron chi connectivity index (χ0n) is 16.0. The van der Waals surface area contributed by atoms with Crippen LogP contribution < -0.4 is 5.32 Å². The van der Waals surface area contributed by atoms with E-state index in [2.05, 4.69) is 21.2 Å². The van der Waals surface area contributed by atoms with Crippen LogP contribution in [0.15, 0.2) is 94.4 Å². The van der Waals surface area contributed by atoms with Gasteiger partial charge in [0.25, 0.3) is 0 Å². The van der Waals surface area contributed by atoms with E-state index >= 15 is 0 Å². The van der Waals surface area contributed by atoms with Crippen molar-refractivity contribution in [3.8, 4) is 0 Å². The minimum atomic E-state index is -3.58. The Balaban J connectivity index is 1.64. The number of sulfone groups is 1. The summed E-state index contributed by atoms with van der Waals surface area (Å²) in [4.78, 5) is 12.8. The molecule has 5 nitrogen and oxygen atoms in total. The lowest BCUT2D eigenvalue weighted by atomic mass is 10.2. The van der Waals surface area contributed by atoms with Crippen LogP contribution >= 0.6 is 15.9 Å². The van der Waals surface area contributed by atoms with E-state index in [1.54, 1.807) is 47.2 Å². The Labute approximate surface area is 183 Å². The number of para-hydroxylation sites is 1. The predicted molar refractivity (Wildman–Crippen MR) is 122 cm³/mol. The highest BCUT2D eigenvalue weighted by Gasteiger charge is 2.22. The van der Waals surface area contributed by atoms with Crippen molar-refractivity contribution in [2.24, 2.45) is 0 Å². The number of carbonyl (C=O) groups is 1. The van der Waals surface area contributed by atoms with Crippen LogP contribution in [-0.2, 0) is 26.9 Å². The van der Waals surface area contributed by atoms with Gasteiger partial charge in [-0.25, -0.2) is 8.42 Å². The average molecular weight is 483 g/mol. The molecule has 1 amide bonds. The summed E-state index contributed by atoms with van der Waals surface area (Å²) in [6, 6.07) is 23.6. The molecule has 1 N–H and O–H groups in total. The van der Waals surface area contributed by atoms with Gasteiger partial charge in [0, 0.05) is 27.3 Å². The minimum absolute atomic E-state index is 0.00782. The number of hydrogen-bond donors (Lipinski definition) is 1. The third-order valence-corrected chi connectivity index (χ3v) is 6.91. The normalized spacial score (nSPS) is 11.5. The molecule has 0 aliphatic rings. The standard InChI is InChI=1S/C23H19BrN2O3S/c24-18-9-6-10-19(13-18)25-23(27)15-26-14-22(20-11-4-5-12-21(20)26)30(28,29)16-17-7-2-1-3-8-17/h1-14H,15-16H2,(H,25,27). The number of amides is 1. The van der Waals surface area contributed by atoms with Crippen LogP contribution in [0.1, 0.15) is 5.56 Å². The highest BCUT2D eigenvalue weighted by atomic mass is 79.9. The fourth-order valence-electron chi connectivity index (χ4n) is 3.38. The van der Waals surface area contributed by atoms with Crippen molar-refractivity contribution in [1.82, 2.24) is 4.57 Å². The summed E-state index contributed by atoms with van der Waals surface area (Å²) in [5, 5.41) is 3.46. The molecule has 0 saturated heterocycles. The average Bonchev–Trinajstić information content (AvgIpc) is 3.08. The molecule has 0 aliphatic carbocycles. The molecule has 7 heteroatoms. The number of benzene rings is 3. The summed E-state index contributed by atoms with van der Waals surface area (Å²) in [5.74, 6) is -0.326. The minimum Gasteiger partial charge on any atom is -0.337 e. The molecule has 0 unspecified atom stereocenters. The third kappa shape index (κ3) is 4.47. The monoisotopic (exact) mass is 482 g/mol. The second-order valence-corrected chi connectivity index (χ2v) is 9.82. The van der Waals surface area contributed by atoms with Crippen LogP contribution in [0.3, 0.4) is 0 Å². The topological polar surface area (TPSA) is 68.2 Å². The van der Waals surface area contributed by atoms with Crippen LogP contribution in [0.4, 0.5) is 5.69 Å². The zero-order valence-corrected chi connectivity index (χ0v) is 18.4. The highest BCUT2D eigenvalue weighted by Crippen LogP contribution is 2.28. The lowest BCUT2D eigenvalue weighted by Crippen LogP contribution is -2.18. The third-order valence-electron chi connectivity index (χ3n) is 4.71. The number of aromatic nitrogens is 1. The van der Waals surface area contributed by atoms with Gasteiger partial charge in [-0.15, -0.1) is 0 Å². The molecule has 0 aliphatic heterocycles. The van der Waals surface area contributed by atoms with Gasteiger partial charge in [0.2, 0.25) is 5.91 Å². The van der Waals surface area contributed by atoms with Gasteiger partial charge in [0.15, 0.2) is 9.84 Å². The Bertz CT molecular complexity index is 1310. The summed E-state index contributed by atoms with van der Waals surface area (Å²) < 4.78 is 28.8. The molecule has 152 valence electrons. The summed E-state index contributed by atoms with van der Waals surface area (Å²) in [6.45, 7) is 0.00782. The Hall–Kier alpha value is -2.90. The largest absolute Gasteiger partial charge is 0.337 e. The van der Waals surface area contributed by atoms with Gasteiger partial charge in [-0.3, -0.25) is 4.79 Å². The number of halogens is 1. The smallest absolute Gasteiger partial charge is 0.244 e. The van der Waals surface area contributed by atoms with Gasteiger partial charge in [-0.05, 0) is 29.8 Å². The quantitative estimate of drug-likeness (QED) is 0.419. The van der Waals surface area contributed by atoms with E-state index < -0.39 is 9.84 Å². The molecule has 1 aromatic heterocycles. The van der Waals surface area contributed by atoms with Crippen LogP contribution in [0.2, 0.25) is 0 Å². The molecule has 4 aromatic rings. The molecule has 0 spiro atoms. The molecular weight excluding hydrogens is 464 g/mol. The lowest BCUT2D eigenvalue weighted by Gasteiger charge is -2.07. The maximum atomic E-state index is 13.1. The molecule has 0 radical (unpaired) electrons. The van der Waals surface area contributed by atoms with E-state index in [0.717, 1.165) is 10.0 Å². The first-order valence-corrected chi connectivity index (χ1v) is 11.8. The Morgan fingerprint density at radius 1 is 0.933 bits per heavy atom. The molecule has 0 saturated carbocycles. The summed E-state index contributed by atoms with van der Waals surface area (Å²) in [5.41, 5.74) is 2.10. The van der Waals surface area contributed by atoms with Crippen molar-refractivity contribution in [3.63, 3.8) is 0 Å². The number of fused-ring (bicyclic) bond motifs is 1. The van der Waals surface area contributed by atoms with Crippen molar-refractivity contribution in [2.45, 2.75) is 17.2 Å². The van der Waals surface area contributed by atoms with Crippen LogP contribution in [-0.4, -0.2) is 18.9 Å². The first kappa shape index (κ1) is 20.4. The van der Waals surface area contributed by atoms with Gasteiger partial charge in [0.1, 0.15) is 6.54 Å². The molecule has 4 rings (SSSR count). The SMILES string of the molecule is O=C(Cn1cc(S(=O)(=O)Cc2ccccc2)c2ccccc21)Nc1cccc(Br)c1. The van der Waals surface area contributed by atoms with Crippen LogP contribution in [0.5, 0.6) is 0 Å². The van der Waals surface area contributed by atoms with Gasteiger partial charge in [0.05, 0.1) is 10.6 Å². The van der Waals surface area contributed by atoms with Crippen molar-refractivity contribution in [3.05, 3.63) is 95.1 Å². The Morgan fingerprint density at radius 2 is 1.67 bits per heavy atom. The van der Waals surface area contributed by atoms with Gasteiger partial charge in [-0.2, -0.15) is 0 Å². The zero-order chi connectivity index (χ0) is 21.1. The maximum absolute atomic E-state index is 13.1. The van der Waals surface area contributed by atoms with Gasteiger partial charge >= 0.3 is 0 Å². The number of nitrogens with zero attached hydrogens (tertiary/aromatic N) is 1. The predicted octanol–water partition coefficient (Wildman–Crippen LogP) is 5.02. The second kappa shape index (κ2) is 8.45. The van der Waals surface area contributed by atoms with E-state index in [9.17, 15) is 13.2 Å². The lowest BCUT2D eigenvalue weighted by molar-refractivity contribution is -0.116. The number of hydrogen-bond acceptors (Lipinski definition) is 3.